The summed E-state index contributed by atoms with van der Waals surface area (Å²) in [5.41, 5.74) is 6.14. The second kappa shape index (κ2) is 37.3. The maximum Gasteiger partial charge on any atom is 0.307 e. The molecule has 0 aliphatic heterocycles. The van der Waals surface area contributed by atoms with Crippen LogP contribution in [0.2, 0.25) is 0 Å². The number of ether oxygens (including phenoxy) is 4. The van der Waals surface area contributed by atoms with Crippen LogP contribution in [0.4, 0.5) is 0 Å². The van der Waals surface area contributed by atoms with Gasteiger partial charge in [-0.05, 0) is 88.0 Å². The number of carbonyl (C=O) groups is 6. The zero-order chi connectivity index (χ0) is 63.4. The first-order valence-electron chi connectivity index (χ1n) is 27.6. The molecule has 10 unspecified atom stereocenters. The molecule has 83 heavy (non-hydrogen) atoms. The number of aliphatic hydroxyl groups is 10. The highest BCUT2D eigenvalue weighted by atomic mass is 16.6. The molecule has 0 radical (unpaired) electrons. The van der Waals surface area contributed by atoms with E-state index in [4.69, 9.17) is 29.2 Å². The number of allylic oxidation sites excluding steroid dienone is 20. The van der Waals surface area contributed by atoms with E-state index in [0.29, 0.717) is 11.1 Å². The van der Waals surface area contributed by atoms with Gasteiger partial charge >= 0.3 is 23.9 Å². The second-order valence-corrected chi connectivity index (χ2v) is 22.1. The zero-order valence-corrected chi connectivity index (χ0v) is 50.2. The first kappa shape index (κ1) is 75.0. The van der Waals surface area contributed by atoms with E-state index in [0.717, 1.165) is 34.3 Å². The summed E-state index contributed by atoms with van der Waals surface area (Å²) in [6.45, 7) is 20.2. The summed E-state index contributed by atoms with van der Waals surface area (Å²) in [7, 11) is 0. The van der Waals surface area contributed by atoms with Gasteiger partial charge in [0.25, 0.3) is 0 Å². The molecule has 0 saturated carbocycles. The standard InChI is InChI=1S/C35H50O10.C28H42O10/c1-22(2)11-8-9-12-23(3)13-10-14-24(4)15-16-26-25(5)32(41)29(19-35(26,6)7)45-31(40)18-17-30(39)44-21-28(38)34(43)33(42)27(37)20-36;1-6-7-8-9-17(2)10-11-19-18(3)25(34)22(14-28(19,4)5)38-24(33)13-12-23(32)37-16-21(31)27(36)26(35)20(30)15-29/h8-16,27-29,33-34,36-38,42-43H,17-21H2,1-7H3;7-11,20-22,26-27,29-31,35-36H,6,12-16H2,1-5H3/b9-8+,13-10+,16-15+,23-12+,24-14+;8-7+,11-10+,17-9+. The molecule has 0 aromatic carbocycles. The minimum atomic E-state index is -1.88. The predicted molar refractivity (Wildman–Crippen MR) is 311 cm³/mol. The summed E-state index contributed by atoms with van der Waals surface area (Å²) in [5.74, 6) is -3.89. The van der Waals surface area contributed by atoms with E-state index < -0.39 is 135 Å². The van der Waals surface area contributed by atoms with Gasteiger partial charge in [0.15, 0.2) is 23.8 Å². The van der Waals surface area contributed by atoms with E-state index in [2.05, 4.69) is 6.92 Å². The fourth-order valence-electron chi connectivity index (χ4n) is 8.41. The smallest absolute Gasteiger partial charge is 0.307 e. The van der Waals surface area contributed by atoms with Crippen molar-refractivity contribution in [1.29, 1.82) is 0 Å². The van der Waals surface area contributed by atoms with Gasteiger partial charge < -0.3 is 70.0 Å². The number of rotatable bonds is 30. The summed E-state index contributed by atoms with van der Waals surface area (Å²) in [5, 5.41) is 94.6. The lowest BCUT2D eigenvalue weighted by Crippen LogP contribution is -2.47. The lowest BCUT2D eigenvalue weighted by atomic mass is 9.71. The molecule has 10 N–H and O–H groups in total. The molecule has 0 bridgehead atoms. The van der Waals surface area contributed by atoms with Gasteiger partial charge in [0.1, 0.15) is 62.0 Å². The maximum atomic E-state index is 13.1. The quantitative estimate of drug-likeness (QED) is 0.0259. The minimum Gasteiger partial charge on any atom is -0.463 e. The summed E-state index contributed by atoms with van der Waals surface area (Å²) >= 11 is 0. The third kappa shape index (κ3) is 27.0. The average molecular weight is 1170 g/mol. The van der Waals surface area contributed by atoms with Gasteiger partial charge in [0.2, 0.25) is 0 Å². The van der Waals surface area contributed by atoms with E-state index in [1.807, 2.05) is 147 Å². The Bertz CT molecular complexity index is 2520. The molecule has 0 aromatic rings. The number of hydrogen-bond donors (Lipinski definition) is 10. The molecular formula is C63H92O20. The van der Waals surface area contributed by atoms with Crippen LogP contribution >= 0.6 is 0 Å². The Morgan fingerprint density at radius 2 is 0.843 bits per heavy atom. The van der Waals surface area contributed by atoms with Crippen LogP contribution in [0.1, 0.15) is 128 Å². The van der Waals surface area contributed by atoms with Crippen molar-refractivity contribution in [3.8, 4) is 0 Å². The first-order chi connectivity index (χ1) is 38.7. The number of aliphatic hydroxyl groups excluding tert-OH is 10. The molecule has 20 heteroatoms. The third-order valence-corrected chi connectivity index (χ3v) is 13.5. The summed E-state index contributed by atoms with van der Waals surface area (Å²) in [4.78, 5) is 74.8. The van der Waals surface area contributed by atoms with E-state index in [9.17, 15) is 69.6 Å². The van der Waals surface area contributed by atoms with E-state index >= 15 is 0 Å². The van der Waals surface area contributed by atoms with E-state index in [1.165, 1.54) is 5.57 Å². The Morgan fingerprint density at radius 3 is 1.22 bits per heavy atom. The number of hydrogen-bond acceptors (Lipinski definition) is 20. The highest BCUT2D eigenvalue weighted by molar-refractivity contribution is 6.02. The van der Waals surface area contributed by atoms with Crippen molar-refractivity contribution in [1.82, 2.24) is 0 Å². The largest absolute Gasteiger partial charge is 0.463 e. The van der Waals surface area contributed by atoms with Crippen molar-refractivity contribution in [2.45, 2.75) is 189 Å². The van der Waals surface area contributed by atoms with Crippen LogP contribution in [0.25, 0.3) is 0 Å². The van der Waals surface area contributed by atoms with Crippen molar-refractivity contribution in [3.63, 3.8) is 0 Å². The Morgan fingerprint density at radius 1 is 0.506 bits per heavy atom. The highest BCUT2D eigenvalue weighted by Crippen LogP contribution is 2.42. The number of Topliss-reactive ketones (excluding diaryl/α,β-unsaturated/α-hetero) is 2. The van der Waals surface area contributed by atoms with Crippen LogP contribution in [-0.2, 0) is 47.7 Å². The first-order valence-corrected chi connectivity index (χ1v) is 27.6. The van der Waals surface area contributed by atoms with Crippen LogP contribution in [0.15, 0.2) is 130 Å². The monoisotopic (exact) mass is 1170 g/mol. The van der Waals surface area contributed by atoms with Crippen LogP contribution in [0.3, 0.4) is 0 Å². The third-order valence-electron chi connectivity index (χ3n) is 13.5. The van der Waals surface area contributed by atoms with Gasteiger partial charge in [-0.2, -0.15) is 0 Å². The molecule has 2 aliphatic carbocycles. The van der Waals surface area contributed by atoms with Crippen molar-refractivity contribution in [3.05, 3.63) is 130 Å². The molecule has 10 atom stereocenters. The van der Waals surface area contributed by atoms with Gasteiger partial charge in [-0.25, -0.2) is 0 Å². The molecule has 2 rings (SSSR count). The normalized spacial score (nSPS) is 20.9. The predicted octanol–water partition coefficient (Wildman–Crippen LogP) is 4.94. The fraction of sp³-hybridized carbons (Fsp3) is 0.556. The van der Waals surface area contributed by atoms with Gasteiger partial charge in [-0.15, -0.1) is 0 Å². The SMILES string of the molecule is CC(C)=C/C=C/C=C(C)/C=C/C=C(C)/C=C/C1=C(C)C(=O)C(OC(=O)CCC(=O)OCC(O)C(O)C(O)C(O)CO)CC1(C)C.CC/C=C/C=C(C)/C=C/C1=C(C)C(=O)C(OC(=O)CCC(=O)OCC(O)C(O)C(O)C(O)CO)CC1(C)C. The second-order valence-electron chi connectivity index (χ2n) is 22.1. The molecule has 0 fully saturated rings. The van der Waals surface area contributed by atoms with Crippen molar-refractivity contribution in [2.24, 2.45) is 10.8 Å². The van der Waals surface area contributed by atoms with Gasteiger partial charge in [-0.1, -0.05) is 142 Å². The van der Waals surface area contributed by atoms with Crippen molar-refractivity contribution in [2.75, 3.05) is 26.4 Å². The zero-order valence-electron chi connectivity index (χ0n) is 50.2. The Balaban J connectivity index is 0.000000842. The lowest BCUT2D eigenvalue weighted by Gasteiger charge is -2.36. The number of esters is 4. The van der Waals surface area contributed by atoms with Gasteiger partial charge in [-0.3, -0.25) is 28.8 Å². The maximum absolute atomic E-state index is 13.1. The lowest BCUT2D eigenvalue weighted by molar-refractivity contribution is -0.161. The molecule has 0 saturated heterocycles. The molecule has 0 heterocycles. The van der Waals surface area contributed by atoms with E-state index in [1.54, 1.807) is 13.8 Å². The summed E-state index contributed by atoms with van der Waals surface area (Å²) in [6, 6.07) is 0. The number of carbonyl (C=O) groups excluding carboxylic acids is 6. The van der Waals surface area contributed by atoms with E-state index in [-0.39, 0.29) is 37.2 Å². The Kier molecular flexibility index (Phi) is 33.7. The molecule has 0 spiro atoms. The molecular weight excluding hydrogens is 1080 g/mol. The highest BCUT2D eigenvalue weighted by Gasteiger charge is 2.41. The summed E-state index contributed by atoms with van der Waals surface area (Å²) in [6.07, 6.45) is 11.4. The fourth-order valence-corrected chi connectivity index (χ4v) is 8.41. The van der Waals surface area contributed by atoms with Crippen LogP contribution in [0, 0.1) is 10.8 Å². The number of ketones is 2. The molecule has 20 nitrogen and oxygen atoms in total. The van der Waals surface area contributed by atoms with Crippen molar-refractivity contribution >= 4 is 35.4 Å². The minimum absolute atomic E-state index is 0.262. The topological polar surface area (TPSA) is 342 Å². The Labute approximate surface area is 488 Å². The molecule has 2 aliphatic rings. The molecule has 0 aromatic heterocycles. The van der Waals surface area contributed by atoms with Gasteiger partial charge in [0.05, 0.1) is 38.9 Å². The van der Waals surface area contributed by atoms with Crippen LogP contribution in [0.5, 0.6) is 0 Å². The van der Waals surface area contributed by atoms with Crippen molar-refractivity contribution < 1.29 is 98.8 Å². The average Bonchev–Trinajstić information content (AvgIpc) is 3.50. The van der Waals surface area contributed by atoms with Crippen LogP contribution in [-0.4, -0.2) is 174 Å². The van der Waals surface area contributed by atoms with Crippen LogP contribution < -0.4 is 0 Å². The van der Waals surface area contributed by atoms with Gasteiger partial charge in [0, 0.05) is 12.8 Å². The molecule has 0 amide bonds. The Hall–Kier alpha value is -6.04. The molecule has 464 valence electrons. The summed E-state index contributed by atoms with van der Waals surface area (Å²) < 4.78 is 20.4.